The first-order valence-corrected chi connectivity index (χ1v) is 14.1. The summed E-state index contributed by atoms with van der Waals surface area (Å²) in [5, 5.41) is 0. The minimum Gasteiger partial charge on any atom is -1.00 e. The standard InChI is InChI=1S/2C12H13.CH2.2ClH.Zr/c2*1-8-4-11-6-9(2)10(3)7-12(11)5-8;;;;/h2*4-7H,1-3H3;1H2;2*1H;/q;;;;;+2/p-2. The third kappa shape index (κ3) is 3.71. The SMILES string of the molecule is [CH2]=[Zr+2]([CH]1C(C)=Cc2cc(C)c(C)cc21)[CH]1C(C)=Cc2cc(C)c(C)cc21.[Cl-].[Cl-]. The predicted octanol–water partition coefficient (Wildman–Crippen LogP) is 0.595. The molecule has 0 radical (unpaired) electrons. The number of aryl methyl sites for hydroxylation is 4. The molecule has 146 valence electrons. The van der Waals surface area contributed by atoms with Gasteiger partial charge in [-0.2, -0.15) is 0 Å². The molecule has 2 atom stereocenters. The summed E-state index contributed by atoms with van der Waals surface area (Å²) in [6, 6.07) is 9.65. The molecule has 0 bridgehead atoms. The second-order valence-electron chi connectivity index (χ2n) is 8.35. The van der Waals surface area contributed by atoms with Gasteiger partial charge in [-0.3, -0.25) is 0 Å². The van der Waals surface area contributed by atoms with Gasteiger partial charge in [0.2, 0.25) is 0 Å². The van der Waals surface area contributed by atoms with Crippen molar-refractivity contribution in [3.63, 3.8) is 0 Å². The average molecular weight is 491 g/mol. The first-order chi connectivity index (χ1) is 12.3. The molecule has 3 heteroatoms. The number of allylic oxidation sites excluding steroid dienone is 2. The Morgan fingerprint density at radius 1 is 0.607 bits per heavy atom. The topological polar surface area (TPSA) is 0 Å². The van der Waals surface area contributed by atoms with Crippen LogP contribution in [-0.2, 0) is 21.3 Å². The van der Waals surface area contributed by atoms with Gasteiger partial charge in [0.25, 0.3) is 0 Å². The Bertz CT molecular complexity index is 946. The monoisotopic (exact) mass is 488 g/mol. The van der Waals surface area contributed by atoms with Gasteiger partial charge in [-0.25, -0.2) is 0 Å². The molecule has 0 heterocycles. The van der Waals surface area contributed by atoms with Crippen LogP contribution in [0.25, 0.3) is 12.2 Å². The summed E-state index contributed by atoms with van der Waals surface area (Å²) >= 11 is -2.05. The van der Waals surface area contributed by atoms with E-state index in [1.54, 1.807) is 22.3 Å². The number of rotatable bonds is 2. The fourth-order valence-electron chi connectivity index (χ4n) is 4.77. The molecule has 0 aromatic heterocycles. The zero-order valence-electron chi connectivity index (χ0n) is 17.6. The van der Waals surface area contributed by atoms with E-state index in [-0.39, 0.29) is 24.8 Å². The van der Waals surface area contributed by atoms with Gasteiger partial charge < -0.3 is 24.8 Å². The predicted molar refractivity (Wildman–Crippen MR) is 112 cm³/mol. The van der Waals surface area contributed by atoms with E-state index in [4.69, 9.17) is 4.21 Å². The average Bonchev–Trinajstić information content (AvgIpc) is 3.03. The summed E-state index contributed by atoms with van der Waals surface area (Å²) in [5.41, 5.74) is 14.7. The smallest absolute Gasteiger partial charge is 1.00 e. The van der Waals surface area contributed by atoms with Crippen LogP contribution in [-0.4, -0.2) is 4.21 Å². The van der Waals surface area contributed by atoms with E-state index in [1.807, 2.05) is 0 Å². The first-order valence-electron chi connectivity index (χ1n) is 9.55. The Labute approximate surface area is 190 Å². The van der Waals surface area contributed by atoms with Crippen LogP contribution < -0.4 is 24.8 Å². The molecule has 0 spiro atoms. The summed E-state index contributed by atoms with van der Waals surface area (Å²) in [6.07, 6.45) is 4.85. The maximum absolute atomic E-state index is 4.92. The summed E-state index contributed by atoms with van der Waals surface area (Å²) in [7, 11) is 0. The molecular weight excluding hydrogens is 462 g/mol. The zero-order chi connectivity index (χ0) is 18.7. The van der Waals surface area contributed by atoms with E-state index < -0.39 is 21.3 Å². The van der Waals surface area contributed by atoms with Gasteiger partial charge in [-0.05, 0) is 0 Å². The van der Waals surface area contributed by atoms with Crippen LogP contribution in [0.4, 0.5) is 0 Å². The fraction of sp³-hybridized carbons (Fsp3) is 0.320. The molecule has 28 heavy (non-hydrogen) atoms. The van der Waals surface area contributed by atoms with Gasteiger partial charge in [0.15, 0.2) is 0 Å². The molecule has 2 aromatic carbocycles. The van der Waals surface area contributed by atoms with Gasteiger partial charge >= 0.3 is 166 Å². The van der Waals surface area contributed by atoms with Crippen molar-refractivity contribution in [2.24, 2.45) is 0 Å². The van der Waals surface area contributed by atoms with Crippen LogP contribution >= 0.6 is 0 Å². The fourth-order valence-corrected chi connectivity index (χ4v) is 12.1. The Hall–Kier alpha value is -0.747. The van der Waals surface area contributed by atoms with E-state index in [1.165, 1.54) is 33.4 Å². The minimum absolute atomic E-state index is 0. The van der Waals surface area contributed by atoms with Crippen molar-refractivity contribution in [2.45, 2.75) is 48.8 Å². The molecule has 4 rings (SSSR count). The van der Waals surface area contributed by atoms with Crippen molar-refractivity contribution in [2.75, 3.05) is 0 Å². The zero-order valence-corrected chi connectivity index (χ0v) is 21.6. The maximum atomic E-state index is 4.92. The van der Waals surface area contributed by atoms with Gasteiger partial charge in [-0.1, -0.05) is 0 Å². The van der Waals surface area contributed by atoms with Crippen LogP contribution in [0.3, 0.4) is 0 Å². The largest absolute Gasteiger partial charge is 1.00 e. The third-order valence-corrected chi connectivity index (χ3v) is 13.9. The molecular formula is C25H28Cl2Zr. The molecule has 2 unspecified atom stereocenters. The Morgan fingerprint density at radius 3 is 1.29 bits per heavy atom. The van der Waals surface area contributed by atoms with E-state index >= 15 is 0 Å². The normalized spacial score (nSPS) is 18.8. The quantitative estimate of drug-likeness (QED) is 0.579. The van der Waals surface area contributed by atoms with Crippen LogP contribution in [0.1, 0.15) is 65.6 Å². The Balaban J connectivity index is 0.00000140. The van der Waals surface area contributed by atoms with E-state index in [0.717, 1.165) is 0 Å². The maximum Gasteiger partial charge on any atom is -1.00 e. The summed E-state index contributed by atoms with van der Waals surface area (Å²) < 4.78 is 6.13. The Kier molecular flexibility index (Phi) is 7.18. The Morgan fingerprint density at radius 2 is 0.929 bits per heavy atom. The molecule has 0 aliphatic heterocycles. The van der Waals surface area contributed by atoms with Crippen molar-refractivity contribution in [3.8, 4) is 0 Å². The van der Waals surface area contributed by atoms with Crippen LogP contribution in [0.15, 0.2) is 35.4 Å². The summed E-state index contributed by atoms with van der Waals surface area (Å²) in [6.45, 7) is 13.6. The number of halogens is 2. The number of hydrogen-bond acceptors (Lipinski definition) is 0. The van der Waals surface area contributed by atoms with E-state index in [0.29, 0.717) is 7.25 Å². The molecule has 2 aliphatic rings. The molecule has 0 saturated carbocycles. The summed E-state index contributed by atoms with van der Waals surface area (Å²) in [5.74, 6) is 0. The first kappa shape index (κ1) is 23.5. The van der Waals surface area contributed by atoms with Crippen molar-refractivity contribution < 1.29 is 46.1 Å². The molecule has 0 N–H and O–H groups in total. The van der Waals surface area contributed by atoms with Crippen molar-refractivity contribution in [1.82, 2.24) is 0 Å². The molecule has 0 nitrogen and oxygen atoms in total. The number of hydrogen-bond donors (Lipinski definition) is 0. The van der Waals surface area contributed by atoms with Gasteiger partial charge in [-0.15, -0.1) is 0 Å². The number of benzene rings is 2. The third-order valence-electron chi connectivity index (χ3n) is 6.44. The van der Waals surface area contributed by atoms with Gasteiger partial charge in [0.1, 0.15) is 0 Å². The van der Waals surface area contributed by atoms with E-state index in [2.05, 4.69) is 78.0 Å². The van der Waals surface area contributed by atoms with Crippen LogP contribution in [0.2, 0.25) is 0 Å². The second kappa shape index (κ2) is 8.55. The van der Waals surface area contributed by atoms with Crippen LogP contribution in [0, 0.1) is 27.7 Å². The molecule has 2 aliphatic carbocycles. The molecule has 0 fully saturated rings. The minimum atomic E-state index is -2.05. The van der Waals surface area contributed by atoms with Crippen molar-refractivity contribution >= 4 is 16.4 Å². The van der Waals surface area contributed by atoms with Crippen molar-refractivity contribution in [3.05, 3.63) is 79.9 Å². The molecule has 0 amide bonds. The summed E-state index contributed by atoms with van der Waals surface area (Å²) in [4.78, 5) is 0. The van der Waals surface area contributed by atoms with Crippen LogP contribution in [0.5, 0.6) is 0 Å². The van der Waals surface area contributed by atoms with Gasteiger partial charge in [0, 0.05) is 0 Å². The second-order valence-corrected chi connectivity index (χ2v) is 14.0. The molecule has 0 saturated heterocycles. The number of fused-ring (bicyclic) bond motifs is 2. The molecule has 2 aromatic rings. The van der Waals surface area contributed by atoms with E-state index in [9.17, 15) is 0 Å². The van der Waals surface area contributed by atoms with Crippen molar-refractivity contribution in [1.29, 1.82) is 0 Å². The van der Waals surface area contributed by atoms with Gasteiger partial charge in [0.05, 0.1) is 0 Å².